The Balaban J connectivity index is 3.02. The first-order valence-electron chi connectivity index (χ1n) is 8.92. The predicted molar refractivity (Wildman–Crippen MR) is 90.2 cm³/mol. The Hall–Kier alpha value is -0.0800. The quantitative estimate of drug-likeness (QED) is 0.714. The van der Waals surface area contributed by atoms with E-state index in [1.165, 1.54) is 44.9 Å². The van der Waals surface area contributed by atoms with E-state index in [2.05, 4.69) is 52.0 Å². The first-order chi connectivity index (χ1) is 9.51. The molecule has 0 amide bonds. The largest absolute Gasteiger partial charge is 0.312 e. The minimum atomic E-state index is 0.365. The van der Waals surface area contributed by atoms with E-state index < -0.39 is 0 Å². The first-order valence-corrected chi connectivity index (χ1v) is 8.92. The second kappa shape index (κ2) is 8.38. The SMILES string of the molecule is CCCNC(C(CC)CC)C1(N(C)C)CCCC(C)C1. The maximum absolute atomic E-state index is 3.94. The van der Waals surface area contributed by atoms with Gasteiger partial charge < -0.3 is 10.2 Å². The Bertz CT molecular complexity index is 260. The molecule has 1 N–H and O–H groups in total. The molecule has 1 fully saturated rings. The molecule has 1 aliphatic carbocycles. The van der Waals surface area contributed by atoms with Crippen molar-refractivity contribution in [2.45, 2.75) is 84.2 Å². The molecular formula is C18H38N2. The molecular weight excluding hydrogens is 244 g/mol. The van der Waals surface area contributed by atoms with Gasteiger partial charge in [-0.25, -0.2) is 0 Å². The fraction of sp³-hybridized carbons (Fsp3) is 1.00. The Morgan fingerprint density at radius 3 is 2.30 bits per heavy atom. The van der Waals surface area contributed by atoms with Crippen molar-refractivity contribution in [2.24, 2.45) is 11.8 Å². The van der Waals surface area contributed by atoms with E-state index in [1.54, 1.807) is 0 Å². The minimum absolute atomic E-state index is 0.365. The van der Waals surface area contributed by atoms with Gasteiger partial charge in [0.25, 0.3) is 0 Å². The van der Waals surface area contributed by atoms with Crippen molar-refractivity contribution in [3.63, 3.8) is 0 Å². The lowest BCUT2D eigenvalue weighted by Crippen LogP contribution is -2.63. The van der Waals surface area contributed by atoms with Crippen LogP contribution in [0.3, 0.4) is 0 Å². The third-order valence-corrected chi connectivity index (χ3v) is 5.61. The van der Waals surface area contributed by atoms with Gasteiger partial charge in [-0.2, -0.15) is 0 Å². The number of rotatable bonds is 8. The summed E-state index contributed by atoms with van der Waals surface area (Å²) in [6.07, 6.45) is 9.35. The molecule has 0 saturated heterocycles. The molecule has 3 unspecified atom stereocenters. The smallest absolute Gasteiger partial charge is 0.0361 e. The zero-order chi connectivity index (χ0) is 15.2. The molecule has 0 aromatic rings. The summed E-state index contributed by atoms with van der Waals surface area (Å²) in [6, 6.07) is 0.648. The Kier molecular flexibility index (Phi) is 7.53. The molecule has 1 saturated carbocycles. The van der Waals surface area contributed by atoms with Crippen molar-refractivity contribution in [3.8, 4) is 0 Å². The number of nitrogens with zero attached hydrogens (tertiary/aromatic N) is 1. The summed E-state index contributed by atoms with van der Waals surface area (Å²) in [5.74, 6) is 1.67. The van der Waals surface area contributed by atoms with Gasteiger partial charge >= 0.3 is 0 Å². The van der Waals surface area contributed by atoms with E-state index in [0.29, 0.717) is 11.6 Å². The fourth-order valence-electron chi connectivity index (χ4n) is 4.39. The Morgan fingerprint density at radius 2 is 1.85 bits per heavy atom. The highest BCUT2D eigenvalue weighted by Gasteiger charge is 2.45. The second-order valence-electron chi connectivity index (χ2n) is 7.21. The van der Waals surface area contributed by atoms with Crippen LogP contribution in [0.4, 0.5) is 0 Å². The van der Waals surface area contributed by atoms with E-state index in [0.717, 1.165) is 18.4 Å². The highest BCUT2D eigenvalue weighted by molar-refractivity contribution is 5.04. The highest BCUT2D eigenvalue weighted by Crippen LogP contribution is 2.41. The molecule has 1 aliphatic rings. The second-order valence-corrected chi connectivity index (χ2v) is 7.21. The van der Waals surface area contributed by atoms with Gasteiger partial charge in [-0.1, -0.05) is 53.4 Å². The van der Waals surface area contributed by atoms with E-state index in [-0.39, 0.29) is 0 Å². The van der Waals surface area contributed by atoms with Crippen LogP contribution in [0, 0.1) is 11.8 Å². The van der Waals surface area contributed by atoms with Crippen LogP contribution in [0.1, 0.15) is 72.6 Å². The number of hydrogen-bond donors (Lipinski definition) is 1. The van der Waals surface area contributed by atoms with Crippen molar-refractivity contribution < 1.29 is 0 Å². The first kappa shape index (κ1) is 18.0. The molecule has 3 atom stereocenters. The monoisotopic (exact) mass is 282 g/mol. The number of likely N-dealkylation sites (N-methyl/N-ethyl adjacent to an activating group) is 1. The van der Waals surface area contributed by atoms with Crippen LogP contribution in [0.2, 0.25) is 0 Å². The van der Waals surface area contributed by atoms with Crippen LogP contribution in [0.15, 0.2) is 0 Å². The summed E-state index contributed by atoms with van der Waals surface area (Å²) in [4.78, 5) is 2.55. The van der Waals surface area contributed by atoms with E-state index in [4.69, 9.17) is 0 Å². The summed E-state index contributed by atoms with van der Waals surface area (Å²) >= 11 is 0. The summed E-state index contributed by atoms with van der Waals surface area (Å²) in [6.45, 7) is 10.6. The number of nitrogens with one attached hydrogen (secondary N) is 1. The molecule has 0 aliphatic heterocycles. The number of hydrogen-bond acceptors (Lipinski definition) is 2. The van der Waals surface area contributed by atoms with Crippen molar-refractivity contribution >= 4 is 0 Å². The zero-order valence-electron chi connectivity index (χ0n) is 14.8. The van der Waals surface area contributed by atoms with Gasteiger partial charge in [0.1, 0.15) is 0 Å². The van der Waals surface area contributed by atoms with Crippen LogP contribution in [-0.4, -0.2) is 37.1 Å². The Labute approximate surface area is 127 Å². The molecule has 0 aromatic carbocycles. The lowest BCUT2D eigenvalue weighted by Gasteiger charge is -2.53. The lowest BCUT2D eigenvalue weighted by atomic mass is 9.67. The van der Waals surface area contributed by atoms with Crippen LogP contribution >= 0.6 is 0 Å². The average molecular weight is 283 g/mol. The molecule has 0 heterocycles. The van der Waals surface area contributed by atoms with Gasteiger partial charge in [-0.05, 0) is 51.7 Å². The standard InChI is InChI=1S/C18H38N2/c1-7-13-19-17(16(8-2)9-3)18(20(5)6)12-10-11-15(4)14-18/h15-17,19H,7-14H2,1-6H3. The van der Waals surface area contributed by atoms with Crippen molar-refractivity contribution in [1.29, 1.82) is 0 Å². The molecule has 0 aromatic heterocycles. The maximum Gasteiger partial charge on any atom is 0.0361 e. The molecule has 2 nitrogen and oxygen atoms in total. The van der Waals surface area contributed by atoms with Crippen LogP contribution < -0.4 is 5.32 Å². The van der Waals surface area contributed by atoms with Crippen LogP contribution in [0.25, 0.3) is 0 Å². The maximum atomic E-state index is 3.94. The molecule has 20 heavy (non-hydrogen) atoms. The van der Waals surface area contributed by atoms with Crippen LogP contribution in [-0.2, 0) is 0 Å². The molecule has 0 bridgehead atoms. The summed E-state index contributed by atoms with van der Waals surface area (Å²) in [5, 5.41) is 3.94. The van der Waals surface area contributed by atoms with Gasteiger partial charge in [0, 0.05) is 11.6 Å². The molecule has 0 radical (unpaired) electrons. The zero-order valence-corrected chi connectivity index (χ0v) is 14.8. The summed E-state index contributed by atoms with van der Waals surface area (Å²) in [5.41, 5.74) is 0.365. The molecule has 2 heteroatoms. The normalized spacial score (nSPS) is 29.1. The highest BCUT2D eigenvalue weighted by atomic mass is 15.2. The van der Waals surface area contributed by atoms with E-state index >= 15 is 0 Å². The van der Waals surface area contributed by atoms with Crippen molar-refractivity contribution in [3.05, 3.63) is 0 Å². The average Bonchev–Trinajstić information content (AvgIpc) is 2.43. The lowest BCUT2D eigenvalue weighted by molar-refractivity contribution is 0.0138. The summed E-state index contributed by atoms with van der Waals surface area (Å²) < 4.78 is 0. The van der Waals surface area contributed by atoms with Gasteiger partial charge in [-0.3, -0.25) is 0 Å². The third-order valence-electron chi connectivity index (χ3n) is 5.61. The minimum Gasteiger partial charge on any atom is -0.312 e. The van der Waals surface area contributed by atoms with Gasteiger partial charge in [0.05, 0.1) is 0 Å². The fourth-order valence-corrected chi connectivity index (χ4v) is 4.39. The molecule has 0 spiro atoms. The van der Waals surface area contributed by atoms with Crippen molar-refractivity contribution in [1.82, 2.24) is 10.2 Å². The van der Waals surface area contributed by atoms with E-state index in [9.17, 15) is 0 Å². The van der Waals surface area contributed by atoms with Gasteiger partial charge in [0.2, 0.25) is 0 Å². The topological polar surface area (TPSA) is 15.3 Å². The van der Waals surface area contributed by atoms with Gasteiger partial charge in [0.15, 0.2) is 0 Å². The van der Waals surface area contributed by atoms with Crippen LogP contribution in [0.5, 0.6) is 0 Å². The van der Waals surface area contributed by atoms with E-state index in [1.807, 2.05) is 0 Å². The third kappa shape index (κ3) is 3.98. The predicted octanol–water partition coefficient (Wildman–Crippen LogP) is 4.30. The van der Waals surface area contributed by atoms with Crippen molar-refractivity contribution in [2.75, 3.05) is 20.6 Å². The molecule has 1 rings (SSSR count). The Morgan fingerprint density at radius 1 is 1.20 bits per heavy atom. The van der Waals surface area contributed by atoms with Gasteiger partial charge in [-0.15, -0.1) is 0 Å². The summed E-state index contributed by atoms with van der Waals surface area (Å²) in [7, 11) is 4.61. The molecule has 120 valence electrons.